The molecule has 2 aromatic carbocycles. The number of nitrogens with zero attached hydrogens (tertiary/aromatic N) is 6. The number of fused-ring (bicyclic) bond motifs is 2. The normalized spacial score (nSPS) is 25.2. The number of benzene rings is 2. The largest absolute Gasteiger partial charge is 0.476 e. The third kappa shape index (κ3) is 7.92. The fourth-order valence-electron chi connectivity index (χ4n) is 12.5. The van der Waals surface area contributed by atoms with Crippen molar-refractivity contribution in [3.63, 3.8) is 0 Å². The number of anilines is 3. The summed E-state index contributed by atoms with van der Waals surface area (Å²) in [4.78, 5) is 40.9. The average molecular weight is 847 g/mol. The number of aromatic nitrogens is 4. The minimum atomic E-state index is -1.09. The van der Waals surface area contributed by atoms with Crippen LogP contribution in [0.3, 0.4) is 0 Å². The van der Waals surface area contributed by atoms with Crippen molar-refractivity contribution in [1.29, 1.82) is 0 Å². The molecular formula is C47H58N8O5S. The van der Waals surface area contributed by atoms with E-state index in [1.807, 2.05) is 69.7 Å². The Hall–Kier alpha value is -4.89. The molecule has 5 aromatic rings. The summed E-state index contributed by atoms with van der Waals surface area (Å²) < 4.78 is 15.2. The number of methoxy groups -OCH3 is 1. The Morgan fingerprint density at radius 1 is 0.984 bits per heavy atom. The number of carbonyl (C=O) groups is 2. The number of ether oxygens (including phenoxy) is 2. The number of pyridine rings is 1. The number of carbonyl (C=O) groups excluding carboxylic acids is 1. The summed E-state index contributed by atoms with van der Waals surface area (Å²) in [5.74, 6) is -0.768. The van der Waals surface area contributed by atoms with Gasteiger partial charge in [-0.1, -0.05) is 37.3 Å². The second kappa shape index (κ2) is 15.8. The molecule has 4 saturated carbocycles. The highest BCUT2D eigenvalue weighted by molar-refractivity contribution is 7.22. The average Bonchev–Trinajstić information content (AvgIpc) is 3.79. The Kier molecular flexibility index (Phi) is 10.7. The summed E-state index contributed by atoms with van der Waals surface area (Å²) in [6.45, 7) is 11.5. The second-order valence-electron chi connectivity index (χ2n) is 19.1. The van der Waals surface area contributed by atoms with Crippen LogP contribution in [0.15, 0.2) is 54.7 Å². The highest BCUT2D eigenvalue weighted by Crippen LogP contribution is 2.72. The SMILES string of the molecule is CNCCN(C)c1cc2c(c(C(=O)Nc3nc4ccccc4s3)c1)CN(c1ccc(-c3cnn(CC45CC6(C)CC(C)(C4)CC(OCCOC)(C6)C5)c3C)c(C(=O)O)n1)CC2. The maximum absolute atomic E-state index is 14.2. The molecule has 3 N–H and O–H groups in total. The molecule has 10 rings (SSSR count). The van der Waals surface area contributed by atoms with E-state index in [9.17, 15) is 14.7 Å². The number of hydrogen-bond donors (Lipinski definition) is 3. The van der Waals surface area contributed by atoms with Crippen LogP contribution in [0.5, 0.6) is 0 Å². The number of hydrogen-bond acceptors (Lipinski definition) is 11. The number of aromatic carboxylic acids is 1. The zero-order valence-corrected chi connectivity index (χ0v) is 37.1. The molecular weight excluding hydrogens is 789 g/mol. The number of amides is 1. The van der Waals surface area contributed by atoms with Gasteiger partial charge < -0.3 is 29.7 Å². The quantitative estimate of drug-likeness (QED) is 0.0887. The molecule has 2 atom stereocenters. The molecule has 4 heterocycles. The molecule has 322 valence electrons. The molecule has 5 aliphatic rings. The predicted molar refractivity (Wildman–Crippen MR) is 240 cm³/mol. The molecule has 4 fully saturated rings. The van der Waals surface area contributed by atoms with Gasteiger partial charge in [-0.25, -0.2) is 14.8 Å². The zero-order valence-electron chi connectivity index (χ0n) is 36.3. The van der Waals surface area contributed by atoms with Crippen LogP contribution in [-0.2, 0) is 29.0 Å². The van der Waals surface area contributed by atoms with E-state index in [1.165, 1.54) is 17.8 Å². The first kappa shape index (κ1) is 41.5. The summed E-state index contributed by atoms with van der Waals surface area (Å²) in [5, 5.41) is 22.4. The minimum absolute atomic E-state index is 0.0124. The number of carboxylic acids is 1. The highest BCUT2D eigenvalue weighted by Gasteiger charge is 2.66. The topological polar surface area (TPSA) is 147 Å². The molecule has 13 nitrogen and oxygen atoms in total. The fraction of sp³-hybridized carbons (Fsp3) is 0.511. The number of rotatable bonds is 15. The van der Waals surface area contributed by atoms with Crippen molar-refractivity contribution in [3.8, 4) is 11.1 Å². The van der Waals surface area contributed by atoms with E-state index in [-0.39, 0.29) is 33.4 Å². The highest BCUT2D eigenvalue weighted by atomic mass is 32.1. The van der Waals surface area contributed by atoms with Gasteiger partial charge in [0.1, 0.15) is 5.82 Å². The molecule has 1 aliphatic heterocycles. The lowest BCUT2D eigenvalue weighted by atomic mass is 9.39. The van der Waals surface area contributed by atoms with Gasteiger partial charge in [0.15, 0.2) is 10.8 Å². The third-order valence-corrected chi connectivity index (χ3v) is 14.8. The van der Waals surface area contributed by atoms with Crippen LogP contribution in [-0.4, -0.2) is 96.4 Å². The standard InChI is InChI=1S/C47H58N8O5S/c1-30-35(21-49-55(30)29-46-24-44(2)23-45(3,25-46)27-47(26-44,28-46)60-18-17-59-6)33-11-12-39(51-40(33)42(57)58)54-15-13-31-19-32(53(5)16-14-48-4)20-34(36(31)22-54)41(56)52-43-50-37-9-7-8-10-38(37)61-43/h7-12,19-21,48H,13-18,22-29H2,1-6H3,(H,57,58)(H,50,52,56). The Morgan fingerprint density at radius 3 is 2.51 bits per heavy atom. The Morgan fingerprint density at radius 2 is 1.77 bits per heavy atom. The predicted octanol–water partition coefficient (Wildman–Crippen LogP) is 7.81. The molecule has 3 aromatic heterocycles. The molecule has 0 saturated heterocycles. The Balaban J connectivity index is 0.989. The van der Waals surface area contributed by atoms with Crippen LogP contribution >= 0.6 is 11.3 Å². The van der Waals surface area contributed by atoms with Crippen molar-refractivity contribution in [2.75, 3.05) is 69.2 Å². The van der Waals surface area contributed by atoms with E-state index in [2.05, 4.69) is 50.0 Å². The first-order valence-corrected chi connectivity index (χ1v) is 22.4. The summed E-state index contributed by atoms with van der Waals surface area (Å²) >= 11 is 1.45. The summed E-state index contributed by atoms with van der Waals surface area (Å²) in [7, 11) is 5.69. The van der Waals surface area contributed by atoms with Gasteiger partial charge in [-0.2, -0.15) is 5.10 Å². The molecule has 61 heavy (non-hydrogen) atoms. The Bertz CT molecular complexity index is 2450. The van der Waals surface area contributed by atoms with E-state index < -0.39 is 5.97 Å². The number of thiazole rings is 1. The Labute approximate surface area is 361 Å². The molecule has 2 unspecified atom stereocenters. The third-order valence-electron chi connectivity index (χ3n) is 13.9. The van der Waals surface area contributed by atoms with E-state index >= 15 is 0 Å². The van der Waals surface area contributed by atoms with Gasteiger partial charge in [-0.05, 0) is 123 Å². The lowest BCUT2D eigenvalue weighted by Gasteiger charge is -2.69. The minimum Gasteiger partial charge on any atom is -0.476 e. The molecule has 4 aliphatic carbocycles. The number of para-hydroxylation sites is 1. The lowest BCUT2D eigenvalue weighted by Crippen LogP contribution is -2.64. The van der Waals surface area contributed by atoms with Crippen molar-refractivity contribution >= 4 is 50.1 Å². The maximum Gasteiger partial charge on any atom is 0.355 e. The lowest BCUT2D eigenvalue weighted by molar-refractivity contribution is -0.250. The van der Waals surface area contributed by atoms with Gasteiger partial charge in [0.2, 0.25) is 0 Å². The summed E-state index contributed by atoms with van der Waals surface area (Å²) in [6.07, 6.45) is 9.13. The molecule has 1 amide bonds. The van der Waals surface area contributed by atoms with Crippen LogP contribution in [0.25, 0.3) is 21.3 Å². The van der Waals surface area contributed by atoms with E-state index in [1.54, 1.807) is 7.11 Å². The van der Waals surface area contributed by atoms with E-state index in [4.69, 9.17) is 19.6 Å². The second-order valence-corrected chi connectivity index (χ2v) is 20.2. The van der Waals surface area contributed by atoms with Crippen LogP contribution in [0, 0.1) is 23.2 Å². The molecule has 4 bridgehead atoms. The number of carboxylic acid groups (broad SMARTS) is 1. The van der Waals surface area contributed by atoms with E-state index in [0.29, 0.717) is 54.8 Å². The zero-order chi connectivity index (χ0) is 42.7. The van der Waals surface area contributed by atoms with Crippen LogP contribution in [0.1, 0.15) is 90.0 Å². The van der Waals surface area contributed by atoms with Gasteiger partial charge in [0.05, 0.1) is 35.2 Å². The summed E-state index contributed by atoms with van der Waals surface area (Å²) in [5.41, 5.74) is 6.90. The van der Waals surface area contributed by atoms with E-state index in [0.717, 1.165) is 90.0 Å². The van der Waals surface area contributed by atoms with Gasteiger partial charge in [0.25, 0.3) is 5.91 Å². The van der Waals surface area contributed by atoms with Gasteiger partial charge >= 0.3 is 5.97 Å². The van der Waals surface area contributed by atoms with Crippen LogP contribution in [0.2, 0.25) is 0 Å². The molecule has 14 heteroatoms. The van der Waals surface area contributed by atoms with Crippen molar-refractivity contribution in [2.24, 2.45) is 16.2 Å². The van der Waals surface area contributed by atoms with Crippen molar-refractivity contribution in [1.82, 2.24) is 25.1 Å². The molecule has 0 spiro atoms. The van der Waals surface area contributed by atoms with Crippen LogP contribution in [0.4, 0.5) is 16.6 Å². The maximum atomic E-state index is 14.2. The first-order valence-electron chi connectivity index (χ1n) is 21.6. The van der Waals surface area contributed by atoms with Crippen LogP contribution < -0.4 is 20.4 Å². The van der Waals surface area contributed by atoms with Crippen molar-refractivity contribution < 1.29 is 24.2 Å². The smallest absolute Gasteiger partial charge is 0.355 e. The number of nitrogens with one attached hydrogen (secondary N) is 2. The van der Waals surface area contributed by atoms with Gasteiger partial charge in [-0.3, -0.25) is 14.8 Å². The fourth-order valence-corrected chi connectivity index (χ4v) is 13.3. The molecule has 0 radical (unpaired) electrons. The van der Waals surface area contributed by atoms with Crippen molar-refractivity contribution in [3.05, 3.63) is 82.8 Å². The van der Waals surface area contributed by atoms with Gasteiger partial charge in [-0.15, -0.1) is 0 Å². The monoisotopic (exact) mass is 846 g/mol. The summed E-state index contributed by atoms with van der Waals surface area (Å²) in [6, 6.07) is 15.8. The van der Waals surface area contributed by atoms with Crippen molar-refractivity contribution in [2.45, 2.75) is 84.4 Å². The number of likely N-dealkylation sites (N-methyl/N-ethyl adjacent to an activating group) is 2. The van der Waals surface area contributed by atoms with Gasteiger partial charge in [0, 0.05) is 75.0 Å². The first-order chi connectivity index (χ1) is 29.2.